The maximum absolute atomic E-state index is 12.5. The van der Waals surface area contributed by atoms with E-state index in [0.29, 0.717) is 5.92 Å². The van der Waals surface area contributed by atoms with E-state index in [-0.39, 0.29) is 18.1 Å². The fourth-order valence-corrected chi connectivity index (χ4v) is 3.53. The van der Waals surface area contributed by atoms with Gasteiger partial charge in [-0.05, 0) is 61.4 Å². The van der Waals surface area contributed by atoms with E-state index in [0.717, 1.165) is 38.1 Å². The first-order valence-corrected chi connectivity index (χ1v) is 8.06. The monoisotopic (exact) mass is 286 g/mol. The van der Waals surface area contributed by atoms with E-state index >= 15 is 0 Å². The zero-order valence-electron chi connectivity index (χ0n) is 12.2. The first-order valence-electron chi connectivity index (χ1n) is 8.06. The lowest BCUT2D eigenvalue weighted by Gasteiger charge is -2.21. The number of hydrogen-bond donors (Lipinski definition) is 2. The molecule has 2 aliphatic heterocycles. The van der Waals surface area contributed by atoms with Crippen LogP contribution in [0.4, 0.5) is 0 Å². The lowest BCUT2D eigenvalue weighted by Crippen LogP contribution is -2.41. The second-order valence-corrected chi connectivity index (χ2v) is 6.45. The van der Waals surface area contributed by atoms with Gasteiger partial charge in [0.1, 0.15) is 0 Å². The molecule has 4 rings (SSSR count). The van der Waals surface area contributed by atoms with Crippen LogP contribution in [-0.4, -0.2) is 31.2 Å². The van der Waals surface area contributed by atoms with E-state index in [1.54, 1.807) is 0 Å². The van der Waals surface area contributed by atoms with E-state index in [1.807, 2.05) is 12.1 Å². The van der Waals surface area contributed by atoms with E-state index in [2.05, 4.69) is 16.7 Å². The van der Waals surface area contributed by atoms with Crippen LogP contribution in [0.5, 0.6) is 0 Å². The predicted molar refractivity (Wildman–Crippen MR) is 80.2 cm³/mol. The van der Waals surface area contributed by atoms with Gasteiger partial charge in [-0.2, -0.15) is 0 Å². The van der Waals surface area contributed by atoms with Crippen molar-refractivity contribution in [3.8, 4) is 0 Å². The van der Waals surface area contributed by atoms with Gasteiger partial charge in [0.25, 0.3) is 5.91 Å². The Kier molecular flexibility index (Phi) is 3.43. The number of fused-ring (bicyclic) bond motifs is 1. The Morgan fingerprint density at radius 2 is 2.14 bits per heavy atom. The lowest BCUT2D eigenvalue weighted by molar-refractivity contribution is 0.0729. The van der Waals surface area contributed by atoms with Gasteiger partial charge in [0.05, 0.1) is 12.1 Å². The predicted octanol–water partition coefficient (Wildman–Crippen LogP) is 1.63. The molecular formula is C17H22N2O2. The molecule has 1 aliphatic carbocycles. The molecule has 0 bridgehead atoms. The van der Waals surface area contributed by atoms with Crippen molar-refractivity contribution in [1.82, 2.24) is 10.6 Å². The fourth-order valence-electron chi connectivity index (χ4n) is 3.53. The highest BCUT2D eigenvalue weighted by Crippen LogP contribution is 2.38. The van der Waals surface area contributed by atoms with Gasteiger partial charge in [-0.25, -0.2) is 0 Å². The van der Waals surface area contributed by atoms with Crippen LogP contribution in [0.3, 0.4) is 0 Å². The maximum Gasteiger partial charge on any atom is 0.251 e. The van der Waals surface area contributed by atoms with Gasteiger partial charge in [0.2, 0.25) is 0 Å². The molecule has 21 heavy (non-hydrogen) atoms. The molecule has 1 saturated heterocycles. The van der Waals surface area contributed by atoms with E-state index < -0.39 is 0 Å². The third-order valence-corrected chi connectivity index (χ3v) is 4.89. The van der Waals surface area contributed by atoms with Gasteiger partial charge in [-0.3, -0.25) is 4.79 Å². The highest BCUT2D eigenvalue weighted by atomic mass is 16.5. The summed E-state index contributed by atoms with van der Waals surface area (Å²) in [6.07, 6.45) is 4.74. The molecule has 2 fully saturated rings. The SMILES string of the molecule is O=C(NC1CCOC1C1CC1)c1ccc2c(c1)CNCC2. The van der Waals surface area contributed by atoms with Gasteiger partial charge in [-0.1, -0.05) is 6.07 Å². The zero-order valence-corrected chi connectivity index (χ0v) is 12.2. The number of nitrogens with one attached hydrogen (secondary N) is 2. The van der Waals surface area contributed by atoms with Crippen molar-refractivity contribution < 1.29 is 9.53 Å². The summed E-state index contributed by atoms with van der Waals surface area (Å²) >= 11 is 0. The van der Waals surface area contributed by atoms with E-state index in [1.165, 1.54) is 24.0 Å². The second-order valence-electron chi connectivity index (χ2n) is 6.45. The molecule has 1 amide bonds. The van der Waals surface area contributed by atoms with Crippen molar-refractivity contribution in [3.05, 3.63) is 34.9 Å². The third-order valence-electron chi connectivity index (χ3n) is 4.89. The van der Waals surface area contributed by atoms with Crippen molar-refractivity contribution >= 4 is 5.91 Å². The molecule has 0 radical (unpaired) electrons. The van der Waals surface area contributed by atoms with Crippen molar-refractivity contribution in [2.45, 2.75) is 44.4 Å². The van der Waals surface area contributed by atoms with Gasteiger partial charge < -0.3 is 15.4 Å². The summed E-state index contributed by atoms with van der Waals surface area (Å²) < 4.78 is 5.79. The molecule has 1 aromatic rings. The Labute approximate surface area is 125 Å². The molecule has 0 spiro atoms. The van der Waals surface area contributed by atoms with Crippen molar-refractivity contribution in [3.63, 3.8) is 0 Å². The van der Waals surface area contributed by atoms with E-state index in [9.17, 15) is 4.79 Å². The standard InChI is InChI=1S/C17H22N2O2/c20-17(19-15-6-8-21-16(15)12-2-3-12)13-4-1-11-5-7-18-10-14(11)9-13/h1,4,9,12,15-16,18H,2-3,5-8,10H2,(H,19,20). The van der Waals surface area contributed by atoms with Crippen LogP contribution in [-0.2, 0) is 17.7 Å². The van der Waals surface area contributed by atoms with Crippen LogP contribution in [0.1, 0.15) is 40.7 Å². The molecule has 1 aromatic carbocycles. The summed E-state index contributed by atoms with van der Waals surface area (Å²) in [5, 5.41) is 6.55. The minimum absolute atomic E-state index is 0.0459. The average Bonchev–Trinajstić information content (AvgIpc) is 3.27. The summed E-state index contributed by atoms with van der Waals surface area (Å²) in [7, 11) is 0. The molecular weight excluding hydrogens is 264 g/mol. The summed E-state index contributed by atoms with van der Waals surface area (Å²) in [4.78, 5) is 12.5. The van der Waals surface area contributed by atoms with Crippen LogP contribution < -0.4 is 10.6 Å². The first kappa shape index (κ1) is 13.3. The molecule has 4 nitrogen and oxygen atoms in total. The zero-order chi connectivity index (χ0) is 14.2. The van der Waals surface area contributed by atoms with Crippen molar-refractivity contribution in [2.75, 3.05) is 13.2 Å². The Morgan fingerprint density at radius 1 is 1.24 bits per heavy atom. The van der Waals surface area contributed by atoms with Crippen LogP contribution >= 0.6 is 0 Å². The Bertz CT molecular complexity index is 554. The summed E-state index contributed by atoms with van der Waals surface area (Å²) in [6, 6.07) is 6.30. The van der Waals surface area contributed by atoms with Gasteiger partial charge in [-0.15, -0.1) is 0 Å². The molecule has 3 aliphatic rings. The number of rotatable bonds is 3. The number of carbonyl (C=O) groups is 1. The minimum atomic E-state index is 0.0459. The lowest BCUT2D eigenvalue weighted by atomic mass is 9.98. The highest BCUT2D eigenvalue weighted by molar-refractivity contribution is 5.94. The van der Waals surface area contributed by atoms with Crippen LogP contribution in [0.25, 0.3) is 0 Å². The second kappa shape index (κ2) is 5.43. The quantitative estimate of drug-likeness (QED) is 0.888. The smallest absolute Gasteiger partial charge is 0.251 e. The van der Waals surface area contributed by atoms with E-state index in [4.69, 9.17) is 4.74 Å². The molecule has 2 atom stereocenters. The number of ether oxygens (including phenoxy) is 1. The molecule has 2 heterocycles. The van der Waals surface area contributed by atoms with Crippen molar-refractivity contribution in [1.29, 1.82) is 0 Å². The molecule has 1 saturated carbocycles. The average molecular weight is 286 g/mol. The highest BCUT2D eigenvalue weighted by Gasteiger charge is 2.41. The topological polar surface area (TPSA) is 50.4 Å². The van der Waals surface area contributed by atoms with Gasteiger partial charge >= 0.3 is 0 Å². The summed E-state index contributed by atoms with van der Waals surface area (Å²) in [5.74, 6) is 0.718. The summed E-state index contributed by atoms with van der Waals surface area (Å²) in [5.41, 5.74) is 3.40. The summed E-state index contributed by atoms with van der Waals surface area (Å²) in [6.45, 7) is 2.68. The van der Waals surface area contributed by atoms with Crippen LogP contribution in [0.15, 0.2) is 18.2 Å². The largest absolute Gasteiger partial charge is 0.376 e. The number of benzene rings is 1. The number of hydrogen-bond acceptors (Lipinski definition) is 3. The van der Waals surface area contributed by atoms with Gasteiger partial charge in [0, 0.05) is 18.7 Å². The van der Waals surface area contributed by atoms with Gasteiger partial charge in [0.15, 0.2) is 0 Å². The molecule has 2 unspecified atom stereocenters. The van der Waals surface area contributed by atoms with Crippen LogP contribution in [0, 0.1) is 5.92 Å². The Hall–Kier alpha value is -1.39. The fraction of sp³-hybridized carbons (Fsp3) is 0.588. The van der Waals surface area contributed by atoms with Crippen LogP contribution in [0.2, 0.25) is 0 Å². The Morgan fingerprint density at radius 3 is 3.00 bits per heavy atom. The first-order chi connectivity index (χ1) is 10.3. The molecule has 4 heteroatoms. The third kappa shape index (κ3) is 2.70. The Balaban J connectivity index is 1.47. The normalized spacial score (nSPS) is 28.2. The molecule has 0 aromatic heterocycles. The minimum Gasteiger partial charge on any atom is -0.376 e. The number of amides is 1. The maximum atomic E-state index is 12.5. The van der Waals surface area contributed by atoms with Crippen molar-refractivity contribution in [2.24, 2.45) is 5.92 Å². The molecule has 112 valence electrons. The number of carbonyl (C=O) groups excluding carboxylic acids is 1. The molecule has 2 N–H and O–H groups in total.